The molecule has 0 atom stereocenters. The minimum Gasteiger partial charge on any atom is -0.462 e. The van der Waals surface area contributed by atoms with E-state index < -0.39 is 5.97 Å². The fourth-order valence-corrected chi connectivity index (χ4v) is 2.04. The maximum absolute atomic E-state index is 12.4. The zero-order chi connectivity index (χ0) is 16.7. The maximum Gasteiger partial charge on any atom is 0.348 e. The summed E-state index contributed by atoms with van der Waals surface area (Å²) in [6.07, 6.45) is 1.42. The number of esters is 1. The summed E-state index contributed by atoms with van der Waals surface area (Å²) < 4.78 is 4.82. The zero-order valence-electron chi connectivity index (χ0n) is 12.7. The van der Waals surface area contributed by atoms with E-state index in [1.165, 1.54) is 6.08 Å². The van der Waals surface area contributed by atoms with Gasteiger partial charge in [0.1, 0.15) is 11.6 Å². The van der Waals surface area contributed by atoms with Gasteiger partial charge in [0.25, 0.3) is 0 Å². The molecule has 2 aromatic rings. The van der Waals surface area contributed by atoms with Crippen molar-refractivity contribution in [3.05, 3.63) is 76.9 Å². The molecule has 0 fully saturated rings. The van der Waals surface area contributed by atoms with Crippen molar-refractivity contribution in [1.82, 2.24) is 0 Å². The van der Waals surface area contributed by atoms with Crippen LogP contribution in [0.3, 0.4) is 0 Å². The third-order valence-corrected chi connectivity index (χ3v) is 3.11. The Labute approximate surface area is 134 Å². The number of nitrogens with zero attached hydrogens (tertiary/aromatic N) is 1. The van der Waals surface area contributed by atoms with Crippen LogP contribution in [0.5, 0.6) is 0 Å². The van der Waals surface area contributed by atoms with Crippen LogP contribution in [-0.4, -0.2) is 18.4 Å². The van der Waals surface area contributed by atoms with E-state index in [2.05, 4.69) is 0 Å². The summed E-state index contributed by atoms with van der Waals surface area (Å²) in [5.74, 6) is -0.787. The minimum atomic E-state index is -0.671. The topological polar surface area (TPSA) is 67.2 Å². The Balaban J connectivity index is 2.32. The van der Waals surface area contributed by atoms with Gasteiger partial charge in [0, 0.05) is 11.1 Å². The van der Waals surface area contributed by atoms with Gasteiger partial charge in [0.15, 0.2) is 5.78 Å². The van der Waals surface area contributed by atoms with Crippen LogP contribution in [0.25, 0.3) is 6.08 Å². The van der Waals surface area contributed by atoms with Crippen molar-refractivity contribution in [1.29, 1.82) is 5.26 Å². The standard InChI is InChI=1S/C19H15NO3/c1-2-23-19(22)17(13-20)12-14-7-6-10-16(11-14)18(21)15-8-4-3-5-9-15/h3-12H,2H2,1H3. The first-order chi connectivity index (χ1) is 11.2. The normalized spacial score (nSPS) is 10.7. The smallest absolute Gasteiger partial charge is 0.348 e. The molecule has 0 saturated heterocycles. The van der Waals surface area contributed by atoms with Crippen molar-refractivity contribution in [2.45, 2.75) is 6.92 Å². The number of hydrogen-bond acceptors (Lipinski definition) is 4. The van der Waals surface area contributed by atoms with E-state index in [-0.39, 0.29) is 18.0 Å². The molecule has 0 radical (unpaired) electrons. The summed E-state index contributed by atoms with van der Waals surface area (Å²) in [7, 11) is 0. The van der Waals surface area contributed by atoms with Crippen LogP contribution >= 0.6 is 0 Å². The average molecular weight is 305 g/mol. The Kier molecular flexibility index (Phi) is 5.43. The van der Waals surface area contributed by atoms with Crippen molar-refractivity contribution in [3.63, 3.8) is 0 Å². The number of ether oxygens (including phenoxy) is 1. The molecule has 114 valence electrons. The van der Waals surface area contributed by atoms with Gasteiger partial charge in [-0.25, -0.2) is 4.79 Å². The number of nitriles is 1. The highest BCUT2D eigenvalue weighted by molar-refractivity contribution is 6.09. The predicted octanol–water partition coefficient (Wildman–Crippen LogP) is 3.39. The fraction of sp³-hybridized carbons (Fsp3) is 0.105. The van der Waals surface area contributed by atoms with Gasteiger partial charge in [-0.1, -0.05) is 48.5 Å². The lowest BCUT2D eigenvalue weighted by molar-refractivity contribution is -0.137. The number of rotatable bonds is 5. The number of hydrogen-bond donors (Lipinski definition) is 0. The zero-order valence-corrected chi connectivity index (χ0v) is 12.7. The van der Waals surface area contributed by atoms with E-state index in [4.69, 9.17) is 10.00 Å². The highest BCUT2D eigenvalue weighted by Gasteiger charge is 2.11. The summed E-state index contributed by atoms with van der Waals surface area (Å²) >= 11 is 0. The Morgan fingerprint density at radius 3 is 2.43 bits per heavy atom. The monoisotopic (exact) mass is 305 g/mol. The molecule has 0 amide bonds. The van der Waals surface area contributed by atoms with Gasteiger partial charge in [-0.2, -0.15) is 5.26 Å². The summed E-state index contributed by atoms with van der Waals surface area (Å²) in [6.45, 7) is 1.87. The molecule has 0 saturated carbocycles. The average Bonchev–Trinajstić information content (AvgIpc) is 2.60. The van der Waals surface area contributed by atoms with Crippen molar-refractivity contribution in [3.8, 4) is 6.07 Å². The molecule has 0 aromatic heterocycles. The molecule has 0 heterocycles. The number of carbonyl (C=O) groups excluding carboxylic acids is 2. The van der Waals surface area contributed by atoms with Gasteiger partial charge in [0.2, 0.25) is 0 Å². The van der Waals surface area contributed by atoms with Gasteiger partial charge in [-0.05, 0) is 24.6 Å². The Morgan fingerprint density at radius 1 is 1.09 bits per heavy atom. The molecule has 0 bridgehead atoms. The van der Waals surface area contributed by atoms with Crippen molar-refractivity contribution in [2.75, 3.05) is 6.61 Å². The fourth-order valence-electron chi connectivity index (χ4n) is 2.04. The van der Waals surface area contributed by atoms with Gasteiger partial charge in [0.05, 0.1) is 6.61 Å². The molecule has 0 N–H and O–H groups in total. The van der Waals surface area contributed by atoms with Gasteiger partial charge in [-0.3, -0.25) is 4.79 Å². The van der Waals surface area contributed by atoms with Gasteiger partial charge in [-0.15, -0.1) is 0 Å². The molecule has 0 unspecified atom stereocenters. The molecular formula is C19H15NO3. The van der Waals surface area contributed by atoms with Crippen LogP contribution < -0.4 is 0 Å². The summed E-state index contributed by atoms with van der Waals surface area (Å²) in [5.41, 5.74) is 1.57. The first-order valence-electron chi connectivity index (χ1n) is 7.14. The number of carbonyl (C=O) groups is 2. The van der Waals surface area contributed by atoms with E-state index in [1.54, 1.807) is 55.5 Å². The van der Waals surface area contributed by atoms with E-state index in [0.717, 1.165) is 0 Å². The molecule has 0 aliphatic carbocycles. The highest BCUT2D eigenvalue weighted by atomic mass is 16.5. The van der Waals surface area contributed by atoms with E-state index in [9.17, 15) is 9.59 Å². The SMILES string of the molecule is CCOC(=O)C(C#N)=Cc1cccc(C(=O)c2ccccc2)c1. The largest absolute Gasteiger partial charge is 0.462 e. The van der Waals surface area contributed by atoms with Crippen molar-refractivity contribution in [2.24, 2.45) is 0 Å². The first kappa shape index (κ1) is 16.2. The van der Waals surface area contributed by atoms with E-state index in [0.29, 0.717) is 16.7 Å². The second-order valence-corrected chi connectivity index (χ2v) is 4.71. The van der Waals surface area contributed by atoms with Gasteiger partial charge >= 0.3 is 5.97 Å². The molecule has 0 spiro atoms. The summed E-state index contributed by atoms with van der Waals surface area (Å²) in [6, 6.07) is 17.5. The molecule has 0 aliphatic heterocycles. The molecule has 2 rings (SSSR count). The second kappa shape index (κ2) is 7.71. The first-order valence-corrected chi connectivity index (χ1v) is 7.14. The van der Waals surface area contributed by atoms with Crippen LogP contribution in [-0.2, 0) is 9.53 Å². The second-order valence-electron chi connectivity index (χ2n) is 4.71. The molecule has 2 aromatic carbocycles. The third-order valence-electron chi connectivity index (χ3n) is 3.11. The van der Waals surface area contributed by atoms with Crippen molar-refractivity contribution < 1.29 is 14.3 Å². The van der Waals surface area contributed by atoms with E-state index in [1.807, 2.05) is 12.1 Å². The minimum absolute atomic E-state index is 0.101. The summed E-state index contributed by atoms with van der Waals surface area (Å²) in [4.78, 5) is 24.1. The molecule has 4 nitrogen and oxygen atoms in total. The lowest BCUT2D eigenvalue weighted by atomic mass is 10.0. The van der Waals surface area contributed by atoms with Gasteiger partial charge < -0.3 is 4.74 Å². The van der Waals surface area contributed by atoms with Crippen LogP contribution in [0.4, 0.5) is 0 Å². The lowest BCUT2D eigenvalue weighted by Crippen LogP contribution is -2.06. The maximum atomic E-state index is 12.4. The highest BCUT2D eigenvalue weighted by Crippen LogP contribution is 2.14. The molecular weight excluding hydrogens is 290 g/mol. The predicted molar refractivity (Wildman–Crippen MR) is 86.5 cm³/mol. The molecule has 0 aliphatic rings. The van der Waals surface area contributed by atoms with Crippen LogP contribution in [0.2, 0.25) is 0 Å². The third kappa shape index (κ3) is 4.14. The summed E-state index contributed by atoms with van der Waals surface area (Å²) in [5, 5.41) is 9.05. The van der Waals surface area contributed by atoms with Crippen LogP contribution in [0.15, 0.2) is 60.2 Å². The van der Waals surface area contributed by atoms with Crippen LogP contribution in [0, 0.1) is 11.3 Å². The Hall–Kier alpha value is -3.19. The number of ketones is 1. The van der Waals surface area contributed by atoms with Crippen LogP contribution in [0.1, 0.15) is 28.4 Å². The lowest BCUT2D eigenvalue weighted by Gasteiger charge is -2.03. The quantitative estimate of drug-likeness (QED) is 0.367. The van der Waals surface area contributed by atoms with E-state index >= 15 is 0 Å². The molecule has 4 heteroatoms. The van der Waals surface area contributed by atoms with Crippen molar-refractivity contribution >= 4 is 17.8 Å². The molecule has 23 heavy (non-hydrogen) atoms. The number of benzene rings is 2. The Bertz CT molecular complexity index is 786. The Morgan fingerprint density at radius 2 is 1.78 bits per heavy atom.